The Morgan fingerprint density at radius 1 is 1.13 bits per heavy atom. The van der Waals surface area contributed by atoms with Crippen LogP contribution < -0.4 is 10.1 Å². The lowest BCUT2D eigenvalue weighted by atomic mass is 9.65. The summed E-state index contributed by atoms with van der Waals surface area (Å²) in [6.45, 7) is 10.7. The van der Waals surface area contributed by atoms with Crippen molar-refractivity contribution in [2.75, 3.05) is 53.0 Å². The summed E-state index contributed by atoms with van der Waals surface area (Å²) in [5.41, 5.74) is 1.98. The first-order chi connectivity index (χ1) is 21.7. The Morgan fingerprint density at radius 3 is 2.52 bits per heavy atom. The Bertz CT molecular complexity index is 1260. The summed E-state index contributed by atoms with van der Waals surface area (Å²) >= 11 is 0. The molecule has 0 spiro atoms. The molecule has 0 aromatic heterocycles. The maximum absolute atomic E-state index is 14.4. The Hall–Kier alpha value is -3.34. The molecule has 1 aromatic carbocycles. The summed E-state index contributed by atoms with van der Waals surface area (Å²) < 4.78 is 48.2. The van der Waals surface area contributed by atoms with Gasteiger partial charge in [0.15, 0.2) is 12.4 Å². The van der Waals surface area contributed by atoms with Gasteiger partial charge in [0.05, 0.1) is 13.2 Å². The molecule has 1 N–H and O–H groups in total. The van der Waals surface area contributed by atoms with Crippen LogP contribution in [-0.4, -0.2) is 86.7 Å². The van der Waals surface area contributed by atoms with Crippen molar-refractivity contribution < 1.29 is 37.0 Å². The van der Waals surface area contributed by atoms with Crippen molar-refractivity contribution in [3.8, 4) is 5.75 Å². The van der Waals surface area contributed by atoms with E-state index in [1.165, 1.54) is 12.1 Å². The van der Waals surface area contributed by atoms with E-state index >= 15 is 0 Å². The fourth-order valence-electron chi connectivity index (χ4n) is 6.72. The predicted molar refractivity (Wildman–Crippen MR) is 172 cm³/mol. The summed E-state index contributed by atoms with van der Waals surface area (Å²) in [4.78, 5) is 44.3. The van der Waals surface area contributed by atoms with Crippen LogP contribution in [0.1, 0.15) is 62.9 Å². The molecule has 1 aliphatic heterocycles. The molecule has 2 aliphatic rings. The number of nitrogens with zero attached hydrogens (tertiary/aromatic N) is 2. The molecule has 1 aliphatic carbocycles. The van der Waals surface area contributed by atoms with Crippen LogP contribution in [0.2, 0.25) is 0 Å². The number of fused-ring (bicyclic) bond motifs is 1. The van der Waals surface area contributed by atoms with Gasteiger partial charge in [-0.2, -0.15) is 13.2 Å². The number of carbonyl (C=O) groups is 3. The normalized spacial score (nSPS) is 23.6. The number of allylic oxidation sites excluding steroid dienone is 3. The molecule has 3 rings (SSSR count). The summed E-state index contributed by atoms with van der Waals surface area (Å²) in [6.07, 6.45) is 3.86. The van der Waals surface area contributed by atoms with E-state index < -0.39 is 18.7 Å². The molecule has 1 saturated heterocycles. The first kappa shape index (κ1) is 37.1. The van der Waals surface area contributed by atoms with E-state index in [1.807, 2.05) is 19.1 Å². The number of urea groups is 1. The van der Waals surface area contributed by atoms with Gasteiger partial charge in [-0.05, 0) is 79.2 Å². The second kappa shape index (κ2) is 17.0. The SMILES string of the molecule is CCCN(CCOC)C(=O)CNC(=O)N1CC[C@H](C)CC(C)C(C(=O)c2ccc(OCC(F)(F)F)cc2C)C2C(=CC=CC2C)C1. The second-order valence-corrected chi connectivity index (χ2v) is 12.8. The maximum Gasteiger partial charge on any atom is 0.422 e. The van der Waals surface area contributed by atoms with Crippen molar-refractivity contribution in [2.45, 2.75) is 60.1 Å². The summed E-state index contributed by atoms with van der Waals surface area (Å²) in [6, 6.07) is 4.14. The highest BCUT2D eigenvalue weighted by Gasteiger charge is 2.41. The van der Waals surface area contributed by atoms with Gasteiger partial charge < -0.3 is 24.6 Å². The number of ether oxygens (including phenoxy) is 2. The zero-order valence-electron chi connectivity index (χ0n) is 28.0. The summed E-state index contributed by atoms with van der Waals surface area (Å²) in [7, 11) is 1.58. The fraction of sp³-hybridized carbons (Fsp3) is 0.629. The second-order valence-electron chi connectivity index (χ2n) is 12.8. The first-order valence-corrected chi connectivity index (χ1v) is 16.3. The van der Waals surface area contributed by atoms with Gasteiger partial charge in [0, 0.05) is 44.8 Å². The molecule has 1 heterocycles. The van der Waals surface area contributed by atoms with Crippen molar-refractivity contribution in [3.63, 3.8) is 0 Å². The Balaban J connectivity index is 1.86. The maximum atomic E-state index is 14.4. The Kier molecular flexibility index (Phi) is 13.7. The molecule has 0 radical (unpaired) electrons. The molecule has 0 bridgehead atoms. The highest BCUT2D eigenvalue weighted by molar-refractivity contribution is 6.00. The van der Waals surface area contributed by atoms with Crippen LogP contribution in [0.15, 0.2) is 42.0 Å². The van der Waals surface area contributed by atoms with E-state index in [1.54, 1.807) is 29.9 Å². The van der Waals surface area contributed by atoms with Gasteiger partial charge in [-0.3, -0.25) is 9.59 Å². The van der Waals surface area contributed by atoms with Crippen LogP contribution in [0.5, 0.6) is 5.75 Å². The smallest absolute Gasteiger partial charge is 0.422 e. The molecular formula is C35H50F3N3O5. The van der Waals surface area contributed by atoms with E-state index in [0.717, 1.165) is 24.8 Å². The number of Topliss-reactive ketones (excluding diaryl/α,β-unsaturated/α-hetero) is 1. The summed E-state index contributed by atoms with van der Waals surface area (Å²) in [5.74, 6) is -0.535. The van der Waals surface area contributed by atoms with Crippen molar-refractivity contribution in [1.82, 2.24) is 15.1 Å². The molecule has 4 unspecified atom stereocenters. The third-order valence-electron chi connectivity index (χ3n) is 9.02. The monoisotopic (exact) mass is 649 g/mol. The highest BCUT2D eigenvalue weighted by atomic mass is 19.4. The lowest BCUT2D eigenvalue weighted by Crippen LogP contribution is -2.48. The number of nitrogens with one attached hydrogen (secondary N) is 1. The zero-order valence-corrected chi connectivity index (χ0v) is 28.0. The van der Waals surface area contributed by atoms with Gasteiger partial charge in [0.25, 0.3) is 0 Å². The topological polar surface area (TPSA) is 88.2 Å². The molecular weight excluding hydrogens is 599 g/mol. The number of ketones is 1. The van der Waals surface area contributed by atoms with E-state index in [-0.39, 0.29) is 53.7 Å². The average Bonchev–Trinajstić information content (AvgIpc) is 2.99. The van der Waals surface area contributed by atoms with E-state index in [9.17, 15) is 27.6 Å². The largest absolute Gasteiger partial charge is 0.484 e. The average molecular weight is 650 g/mol. The van der Waals surface area contributed by atoms with Crippen molar-refractivity contribution >= 4 is 17.7 Å². The van der Waals surface area contributed by atoms with E-state index in [4.69, 9.17) is 9.47 Å². The fourth-order valence-corrected chi connectivity index (χ4v) is 6.72. The number of alkyl halides is 3. The number of carbonyl (C=O) groups excluding carboxylic acids is 3. The number of benzene rings is 1. The lowest BCUT2D eigenvalue weighted by Gasteiger charge is -2.41. The quantitative estimate of drug-likeness (QED) is 0.279. The van der Waals surface area contributed by atoms with Gasteiger partial charge in [-0.25, -0.2) is 4.79 Å². The number of hydrogen-bond acceptors (Lipinski definition) is 5. The van der Waals surface area contributed by atoms with Crippen molar-refractivity contribution in [3.05, 3.63) is 53.1 Å². The van der Waals surface area contributed by atoms with Crippen molar-refractivity contribution in [1.29, 1.82) is 0 Å². The molecule has 11 heteroatoms. The number of hydrogen-bond donors (Lipinski definition) is 1. The number of amides is 3. The van der Waals surface area contributed by atoms with E-state index in [2.05, 4.69) is 32.2 Å². The van der Waals surface area contributed by atoms with Crippen LogP contribution in [0.25, 0.3) is 0 Å². The minimum absolute atomic E-state index is 0.00991. The molecule has 256 valence electrons. The lowest BCUT2D eigenvalue weighted by molar-refractivity contribution is -0.153. The predicted octanol–water partition coefficient (Wildman–Crippen LogP) is 6.45. The van der Waals surface area contributed by atoms with Crippen molar-refractivity contribution in [2.24, 2.45) is 29.6 Å². The highest BCUT2D eigenvalue weighted by Crippen LogP contribution is 2.42. The third kappa shape index (κ3) is 10.3. The van der Waals surface area contributed by atoms with Crippen LogP contribution in [0.4, 0.5) is 18.0 Å². The van der Waals surface area contributed by atoms with Gasteiger partial charge in [-0.15, -0.1) is 0 Å². The van der Waals surface area contributed by atoms with Crippen LogP contribution in [0.3, 0.4) is 0 Å². The number of aryl methyl sites for hydroxylation is 1. The van der Waals surface area contributed by atoms with Gasteiger partial charge in [-0.1, -0.05) is 45.9 Å². The molecule has 5 atom stereocenters. The summed E-state index contributed by atoms with van der Waals surface area (Å²) in [5, 5.41) is 2.83. The van der Waals surface area contributed by atoms with E-state index in [0.29, 0.717) is 43.9 Å². The minimum atomic E-state index is -4.46. The van der Waals surface area contributed by atoms with Gasteiger partial charge in [0.1, 0.15) is 5.75 Å². The first-order valence-electron chi connectivity index (χ1n) is 16.3. The molecule has 46 heavy (non-hydrogen) atoms. The van der Waals surface area contributed by atoms with Gasteiger partial charge >= 0.3 is 12.2 Å². The number of rotatable bonds is 11. The Morgan fingerprint density at radius 2 is 1.87 bits per heavy atom. The Labute approximate surface area is 271 Å². The molecule has 1 aromatic rings. The molecule has 0 saturated carbocycles. The van der Waals surface area contributed by atoms with Gasteiger partial charge in [0.2, 0.25) is 5.91 Å². The zero-order chi connectivity index (χ0) is 34.0. The van der Waals surface area contributed by atoms with Crippen LogP contribution in [-0.2, 0) is 9.53 Å². The molecule has 1 fully saturated rings. The molecule has 3 amide bonds. The number of halogens is 3. The van der Waals surface area contributed by atoms with Crippen LogP contribution >= 0.6 is 0 Å². The third-order valence-corrected chi connectivity index (χ3v) is 9.02. The van der Waals surface area contributed by atoms with Crippen LogP contribution in [0, 0.1) is 36.5 Å². The molecule has 8 nitrogen and oxygen atoms in total. The minimum Gasteiger partial charge on any atom is -0.484 e. The standard InChI is InChI=1S/C35H50F3N3O5/c1-7-14-40(16-17-45-6)30(42)20-39-34(44)41-15-13-23(2)18-26(5)32(31-24(3)9-8-10-27(31)21-41)33(43)29-12-11-28(19-25(29)4)46-22-35(36,37)38/h8-12,19,23-24,26,31-32H,7,13-18,20-22H2,1-6H3,(H,39,44)/t23-,24?,26?,31?,32?/m0/s1. The number of methoxy groups -OCH3 is 1.